The molecular formula is C17H20F3NO3. The largest absolute Gasteiger partial charge is 0.467 e. The molecule has 0 saturated heterocycles. The Labute approximate surface area is 138 Å². The summed E-state index contributed by atoms with van der Waals surface area (Å²) in [4.78, 5) is 24.3. The Morgan fingerprint density at radius 3 is 2.46 bits per heavy atom. The Bertz CT molecular complexity index is 595. The molecule has 1 fully saturated rings. The molecule has 0 aliphatic heterocycles. The first kappa shape index (κ1) is 18.3. The molecule has 24 heavy (non-hydrogen) atoms. The molecule has 1 aliphatic rings. The van der Waals surface area contributed by atoms with Crippen molar-refractivity contribution in [2.24, 2.45) is 5.92 Å². The van der Waals surface area contributed by atoms with Crippen LogP contribution in [0.4, 0.5) is 13.2 Å². The molecule has 0 unspecified atom stereocenters. The lowest BCUT2D eigenvalue weighted by molar-refractivity contribution is -0.144. The van der Waals surface area contributed by atoms with Crippen LogP contribution in [0.5, 0.6) is 0 Å². The van der Waals surface area contributed by atoms with Gasteiger partial charge in [-0.1, -0.05) is 25.3 Å². The van der Waals surface area contributed by atoms with Crippen LogP contribution in [0.2, 0.25) is 0 Å². The van der Waals surface area contributed by atoms with Crippen molar-refractivity contribution in [1.29, 1.82) is 0 Å². The molecule has 0 radical (unpaired) electrons. The summed E-state index contributed by atoms with van der Waals surface area (Å²) in [7, 11) is 1.23. The molecule has 1 aromatic carbocycles. The second kappa shape index (κ2) is 7.68. The standard InChI is InChI=1S/C17H20F3NO3/c1-24-16(23)14(11-6-3-2-4-7-11)21-15(22)12-8-5-9-13(10-12)17(18,19)20/h5,8-11,14H,2-4,6-7H2,1H3,(H,21,22)/t14-/m0/s1. The van der Waals surface area contributed by atoms with Gasteiger partial charge < -0.3 is 10.1 Å². The van der Waals surface area contributed by atoms with Gasteiger partial charge in [-0.05, 0) is 37.0 Å². The van der Waals surface area contributed by atoms with Gasteiger partial charge in [0.2, 0.25) is 0 Å². The molecular weight excluding hydrogens is 323 g/mol. The third-order valence-electron chi connectivity index (χ3n) is 4.32. The van der Waals surface area contributed by atoms with E-state index in [9.17, 15) is 22.8 Å². The monoisotopic (exact) mass is 343 g/mol. The van der Waals surface area contributed by atoms with E-state index in [0.29, 0.717) is 0 Å². The van der Waals surface area contributed by atoms with E-state index in [1.165, 1.54) is 19.2 Å². The lowest BCUT2D eigenvalue weighted by Gasteiger charge is -2.29. The van der Waals surface area contributed by atoms with Crippen LogP contribution in [0.15, 0.2) is 24.3 Å². The predicted octanol–water partition coefficient (Wildman–Crippen LogP) is 3.56. The summed E-state index contributed by atoms with van der Waals surface area (Å²) < 4.78 is 43.0. The molecule has 7 heteroatoms. The fraction of sp³-hybridized carbons (Fsp3) is 0.529. The van der Waals surface area contributed by atoms with Crippen LogP contribution in [0.3, 0.4) is 0 Å². The zero-order valence-corrected chi connectivity index (χ0v) is 13.4. The number of benzene rings is 1. The number of hydrogen-bond acceptors (Lipinski definition) is 3. The van der Waals surface area contributed by atoms with Crippen molar-refractivity contribution in [2.45, 2.75) is 44.3 Å². The number of esters is 1. The Morgan fingerprint density at radius 1 is 1.21 bits per heavy atom. The van der Waals surface area contributed by atoms with E-state index in [1.54, 1.807) is 0 Å². The molecule has 1 saturated carbocycles. The number of carbonyl (C=O) groups is 2. The molecule has 1 aromatic rings. The van der Waals surface area contributed by atoms with Crippen molar-refractivity contribution in [3.8, 4) is 0 Å². The summed E-state index contributed by atoms with van der Waals surface area (Å²) in [5.74, 6) is -1.33. The highest BCUT2D eigenvalue weighted by molar-refractivity contribution is 5.97. The Hall–Kier alpha value is -2.05. The van der Waals surface area contributed by atoms with Crippen molar-refractivity contribution in [1.82, 2.24) is 5.32 Å². The fourth-order valence-electron chi connectivity index (χ4n) is 3.03. The molecule has 0 spiro atoms. The van der Waals surface area contributed by atoms with E-state index in [1.807, 2.05) is 0 Å². The Morgan fingerprint density at radius 2 is 1.88 bits per heavy atom. The van der Waals surface area contributed by atoms with Crippen LogP contribution >= 0.6 is 0 Å². The van der Waals surface area contributed by atoms with E-state index in [2.05, 4.69) is 5.32 Å². The number of halogens is 3. The highest BCUT2D eigenvalue weighted by atomic mass is 19.4. The number of carbonyl (C=O) groups excluding carboxylic acids is 2. The number of hydrogen-bond donors (Lipinski definition) is 1. The van der Waals surface area contributed by atoms with Crippen LogP contribution in [-0.4, -0.2) is 25.0 Å². The fourth-order valence-corrected chi connectivity index (χ4v) is 3.03. The zero-order valence-electron chi connectivity index (χ0n) is 13.4. The molecule has 4 nitrogen and oxygen atoms in total. The average Bonchev–Trinajstić information content (AvgIpc) is 2.59. The van der Waals surface area contributed by atoms with Crippen LogP contribution in [0.1, 0.15) is 48.0 Å². The normalized spacial score (nSPS) is 17.2. The number of nitrogens with one attached hydrogen (secondary N) is 1. The Kier molecular flexibility index (Phi) is 5.85. The summed E-state index contributed by atoms with van der Waals surface area (Å²) in [6, 6.07) is 3.31. The summed E-state index contributed by atoms with van der Waals surface area (Å²) in [5, 5.41) is 2.55. The molecule has 1 N–H and O–H groups in total. The first-order chi connectivity index (χ1) is 11.3. The minimum Gasteiger partial charge on any atom is -0.467 e. The van der Waals surface area contributed by atoms with Crippen molar-refractivity contribution in [3.05, 3.63) is 35.4 Å². The third-order valence-corrected chi connectivity index (χ3v) is 4.32. The third kappa shape index (κ3) is 4.49. The molecule has 1 atom stereocenters. The van der Waals surface area contributed by atoms with E-state index in [4.69, 9.17) is 4.74 Å². The van der Waals surface area contributed by atoms with Gasteiger partial charge in [-0.2, -0.15) is 13.2 Å². The van der Waals surface area contributed by atoms with Gasteiger partial charge in [0, 0.05) is 5.56 Å². The molecule has 0 bridgehead atoms. The predicted molar refractivity (Wildman–Crippen MR) is 81.3 cm³/mol. The highest BCUT2D eigenvalue weighted by Crippen LogP contribution is 2.30. The summed E-state index contributed by atoms with van der Waals surface area (Å²) >= 11 is 0. The van der Waals surface area contributed by atoms with Crippen LogP contribution in [0, 0.1) is 5.92 Å². The van der Waals surface area contributed by atoms with E-state index < -0.39 is 29.7 Å². The van der Waals surface area contributed by atoms with Gasteiger partial charge in [0.25, 0.3) is 5.91 Å². The smallest absolute Gasteiger partial charge is 0.416 e. The molecule has 0 heterocycles. The van der Waals surface area contributed by atoms with Crippen LogP contribution in [0.25, 0.3) is 0 Å². The van der Waals surface area contributed by atoms with Crippen molar-refractivity contribution < 1.29 is 27.5 Å². The van der Waals surface area contributed by atoms with Crippen molar-refractivity contribution in [2.75, 3.05) is 7.11 Å². The first-order valence-electron chi connectivity index (χ1n) is 7.89. The second-order valence-corrected chi connectivity index (χ2v) is 5.95. The van der Waals surface area contributed by atoms with Crippen LogP contribution < -0.4 is 5.32 Å². The number of amides is 1. The van der Waals surface area contributed by atoms with Gasteiger partial charge in [-0.25, -0.2) is 4.79 Å². The SMILES string of the molecule is COC(=O)[C@@H](NC(=O)c1cccc(C(F)(F)F)c1)C1CCCCC1. The quantitative estimate of drug-likeness (QED) is 0.851. The second-order valence-electron chi connectivity index (χ2n) is 5.95. The zero-order chi connectivity index (χ0) is 17.7. The van der Waals surface area contributed by atoms with Gasteiger partial charge in [0.15, 0.2) is 0 Å². The highest BCUT2D eigenvalue weighted by Gasteiger charge is 2.33. The summed E-state index contributed by atoms with van der Waals surface area (Å²) in [5.41, 5.74) is -1.03. The van der Waals surface area contributed by atoms with Gasteiger partial charge in [0.1, 0.15) is 6.04 Å². The molecule has 1 amide bonds. The maximum Gasteiger partial charge on any atom is 0.416 e. The van der Waals surface area contributed by atoms with Crippen molar-refractivity contribution >= 4 is 11.9 Å². The van der Waals surface area contributed by atoms with Gasteiger partial charge in [0.05, 0.1) is 12.7 Å². The molecule has 0 aromatic heterocycles. The van der Waals surface area contributed by atoms with Gasteiger partial charge in [-0.3, -0.25) is 4.79 Å². The Balaban J connectivity index is 2.16. The molecule has 1 aliphatic carbocycles. The minimum atomic E-state index is -4.53. The van der Waals surface area contributed by atoms with E-state index >= 15 is 0 Å². The van der Waals surface area contributed by atoms with Crippen LogP contribution in [-0.2, 0) is 15.7 Å². The topological polar surface area (TPSA) is 55.4 Å². The minimum absolute atomic E-state index is 0.0547. The number of ether oxygens (including phenoxy) is 1. The first-order valence-corrected chi connectivity index (χ1v) is 7.89. The maximum absolute atomic E-state index is 12.8. The number of rotatable bonds is 4. The van der Waals surface area contributed by atoms with Gasteiger partial charge in [-0.15, -0.1) is 0 Å². The average molecular weight is 343 g/mol. The lowest BCUT2D eigenvalue weighted by atomic mass is 9.83. The molecule has 132 valence electrons. The number of methoxy groups -OCH3 is 1. The number of alkyl halides is 3. The summed E-state index contributed by atoms with van der Waals surface area (Å²) in [6.45, 7) is 0. The maximum atomic E-state index is 12.8. The lowest BCUT2D eigenvalue weighted by Crippen LogP contribution is -2.47. The van der Waals surface area contributed by atoms with E-state index in [-0.39, 0.29) is 11.5 Å². The van der Waals surface area contributed by atoms with E-state index in [0.717, 1.165) is 44.2 Å². The summed E-state index contributed by atoms with van der Waals surface area (Å²) in [6.07, 6.45) is 0.0217. The van der Waals surface area contributed by atoms with Gasteiger partial charge >= 0.3 is 12.1 Å². The van der Waals surface area contributed by atoms with Crippen molar-refractivity contribution in [3.63, 3.8) is 0 Å². The molecule has 2 rings (SSSR count).